The van der Waals surface area contributed by atoms with Crippen molar-refractivity contribution in [2.75, 3.05) is 19.5 Å². The van der Waals surface area contributed by atoms with E-state index in [-0.39, 0.29) is 0 Å². The van der Waals surface area contributed by atoms with Gasteiger partial charge in [-0.05, 0) is 20.4 Å². The van der Waals surface area contributed by atoms with Gasteiger partial charge in [0.05, 0.1) is 0 Å². The number of rotatable bonds is 5. The molecule has 0 amide bonds. The summed E-state index contributed by atoms with van der Waals surface area (Å²) >= 11 is 0. The van der Waals surface area contributed by atoms with Crippen LogP contribution in [0, 0.1) is 0 Å². The Balaban J connectivity index is 3.69. The summed E-state index contributed by atoms with van der Waals surface area (Å²) in [6, 6.07) is 0. The van der Waals surface area contributed by atoms with Gasteiger partial charge in [-0.15, -0.1) is 0 Å². The summed E-state index contributed by atoms with van der Waals surface area (Å²) in [5, 5.41) is 0. The molecule has 10 heavy (non-hydrogen) atoms. The predicted molar refractivity (Wildman–Crippen MR) is 40.8 cm³/mol. The van der Waals surface area contributed by atoms with Gasteiger partial charge in [0, 0.05) is 13.2 Å². The van der Waals surface area contributed by atoms with E-state index in [1.165, 1.54) is 0 Å². The Kier molecular flexibility index (Phi) is 4.85. The molecule has 0 atom stereocenters. The Morgan fingerprint density at radius 2 is 1.60 bits per heavy atom. The third-order valence-corrected chi connectivity index (χ3v) is 3.43. The quantitative estimate of drug-likeness (QED) is 0.578. The van der Waals surface area contributed by atoms with Gasteiger partial charge in [-0.1, -0.05) is 0 Å². The zero-order valence-electron chi connectivity index (χ0n) is 6.82. The van der Waals surface area contributed by atoms with Crippen LogP contribution in [0.3, 0.4) is 0 Å². The van der Waals surface area contributed by atoms with E-state index in [0.717, 1.165) is 0 Å². The first kappa shape index (κ1) is 10.1. The van der Waals surface area contributed by atoms with Crippen LogP contribution >= 0.6 is 0 Å². The third-order valence-electron chi connectivity index (χ3n) is 1.14. The van der Waals surface area contributed by atoms with Gasteiger partial charge in [0.1, 0.15) is 6.30 Å². The molecule has 0 spiro atoms. The van der Waals surface area contributed by atoms with Crippen molar-refractivity contribution >= 4 is 8.56 Å². The van der Waals surface area contributed by atoms with E-state index >= 15 is 0 Å². The molecule has 0 aliphatic heterocycles. The molecular weight excluding hydrogens is 151 g/mol. The van der Waals surface area contributed by atoms with Crippen molar-refractivity contribution in [3.05, 3.63) is 0 Å². The van der Waals surface area contributed by atoms with Gasteiger partial charge in [0.2, 0.25) is 0 Å². The maximum Gasteiger partial charge on any atom is 0.367 e. The van der Waals surface area contributed by atoms with Crippen LogP contribution in [-0.2, 0) is 8.85 Å². The van der Waals surface area contributed by atoms with Gasteiger partial charge < -0.3 is 8.85 Å². The van der Waals surface area contributed by atoms with E-state index in [9.17, 15) is 4.39 Å². The fraction of sp³-hybridized carbons (Fsp3) is 1.00. The lowest BCUT2D eigenvalue weighted by Crippen LogP contribution is -2.41. The molecule has 0 saturated heterocycles. The standard InChI is InChI=1S/C6H15FO2Si/c1-4-8-10(3,6-7)9-5-2/h4-6H2,1-3H3. The van der Waals surface area contributed by atoms with Crippen LogP contribution in [0.15, 0.2) is 0 Å². The lowest BCUT2D eigenvalue weighted by atomic mass is 10.9. The Labute approximate surface area is 62.6 Å². The minimum atomic E-state index is -2.39. The van der Waals surface area contributed by atoms with Gasteiger partial charge in [-0.2, -0.15) is 0 Å². The second-order valence-corrected chi connectivity index (χ2v) is 5.25. The first-order chi connectivity index (χ1) is 4.68. The zero-order chi connectivity index (χ0) is 8.04. The fourth-order valence-electron chi connectivity index (χ4n) is 0.729. The van der Waals surface area contributed by atoms with E-state index in [2.05, 4.69) is 0 Å². The largest absolute Gasteiger partial charge is 0.393 e. The summed E-state index contributed by atoms with van der Waals surface area (Å²) in [4.78, 5) is 0. The molecule has 0 heterocycles. The highest BCUT2D eigenvalue weighted by Crippen LogP contribution is 2.06. The number of halogens is 1. The van der Waals surface area contributed by atoms with Crippen molar-refractivity contribution in [2.24, 2.45) is 0 Å². The molecule has 0 aliphatic rings. The normalized spacial score (nSPS) is 12.0. The van der Waals surface area contributed by atoms with E-state index < -0.39 is 14.9 Å². The lowest BCUT2D eigenvalue weighted by Gasteiger charge is -2.21. The van der Waals surface area contributed by atoms with Gasteiger partial charge >= 0.3 is 8.56 Å². The fourth-order valence-corrected chi connectivity index (χ4v) is 2.19. The highest BCUT2D eigenvalue weighted by Gasteiger charge is 2.30. The molecule has 0 aromatic carbocycles. The molecule has 0 radical (unpaired) electrons. The molecule has 0 aromatic heterocycles. The molecule has 0 saturated carbocycles. The molecule has 2 nitrogen and oxygen atoms in total. The van der Waals surface area contributed by atoms with Gasteiger partial charge in [-0.25, -0.2) is 4.39 Å². The van der Waals surface area contributed by atoms with Crippen LogP contribution in [0.25, 0.3) is 0 Å². The summed E-state index contributed by atoms with van der Waals surface area (Å²) in [6.07, 6.45) is -0.464. The molecule has 0 unspecified atom stereocenters. The van der Waals surface area contributed by atoms with Crippen LogP contribution in [0.5, 0.6) is 0 Å². The van der Waals surface area contributed by atoms with E-state index in [0.29, 0.717) is 13.2 Å². The highest BCUT2D eigenvalue weighted by molar-refractivity contribution is 6.65. The molecule has 0 aromatic rings. The topological polar surface area (TPSA) is 18.5 Å². The first-order valence-corrected chi connectivity index (χ1v) is 6.04. The summed E-state index contributed by atoms with van der Waals surface area (Å²) in [5.74, 6) is 0. The highest BCUT2D eigenvalue weighted by atomic mass is 28.4. The summed E-state index contributed by atoms with van der Waals surface area (Å²) < 4.78 is 22.5. The molecule has 62 valence electrons. The van der Waals surface area contributed by atoms with E-state index in [1.807, 2.05) is 13.8 Å². The average Bonchev–Trinajstić information content (AvgIpc) is 1.89. The molecule has 0 bridgehead atoms. The van der Waals surface area contributed by atoms with Crippen LogP contribution in [0.1, 0.15) is 13.8 Å². The summed E-state index contributed by atoms with van der Waals surface area (Å²) in [5.41, 5.74) is 0. The maximum atomic E-state index is 12.2. The second kappa shape index (κ2) is 4.82. The van der Waals surface area contributed by atoms with Crippen molar-refractivity contribution in [1.29, 1.82) is 0 Å². The van der Waals surface area contributed by atoms with E-state index in [4.69, 9.17) is 8.85 Å². The SMILES string of the molecule is CCO[Si](C)(CF)OCC. The molecule has 4 heteroatoms. The smallest absolute Gasteiger partial charge is 0.367 e. The monoisotopic (exact) mass is 166 g/mol. The van der Waals surface area contributed by atoms with Crippen LogP contribution in [0.4, 0.5) is 4.39 Å². The van der Waals surface area contributed by atoms with Crippen molar-refractivity contribution in [1.82, 2.24) is 0 Å². The van der Waals surface area contributed by atoms with E-state index in [1.54, 1.807) is 6.55 Å². The van der Waals surface area contributed by atoms with Crippen molar-refractivity contribution in [2.45, 2.75) is 20.4 Å². The summed E-state index contributed by atoms with van der Waals surface area (Å²) in [7, 11) is -2.39. The number of hydrogen-bond donors (Lipinski definition) is 0. The summed E-state index contributed by atoms with van der Waals surface area (Å²) in [6.45, 7) is 6.50. The van der Waals surface area contributed by atoms with Crippen LogP contribution in [-0.4, -0.2) is 28.1 Å². The van der Waals surface area contributed by atoms with Gasteiger partial charge in [0.25, 0.3) is 0 Å². The minimum absolute atomic E-state index is 0.464. The molecule has 0 fully saturated rings. The van der Waals surface area contributed by atoms with Crippen LogP contribution in [0.2, 0.25) is 6.55 Å². The Morgan fingerprint density at radius 3 is 1.80 bits per heavy atom. The van der Waals surface area contributed by atoms with Crippen LogP contribution < -0.4 is 0 Å². The average molecular weight is 166 g/mol. The molecule has 0 N–H and O–H groups in total. The third kappa shape index (κ3) is 3.29. The van der Waals surface area contributed by atoms with Gasteiger partial charge in [-0.3, -0.25) is 0 Å². The van der Waals surface area contributed by atoms with Gasteiger partial charge in [0.15, 0.2) is 0 Å². The number of hydrogen-bond acceptors (Lipinski definition) is 2. The minimum Gasteiger partial charge on any atom is -0.393 e. The van der Waals surface area contributed by atoms with Crippen molar-refractivity contribution in [3.8, 4) is 0 Å². The molecule has 0 aliphatic carbocycles. The second-order valence-electron chi connectivity index (χ2n) is 2.13. The van der Waals surface area contributed by atoms with Crippen molar-refractivity contribution in [3.63, 3.8) is 0 Å². The Bertz CT molecular complexity index is 83.8. The first-order valence-electron chi connectivity index (χ1n) is 3.52. The zero-order valence-corrected chi connectivity index (χ0v) is 7.82. The maximum absolute atomic E-state index is 12.2. The van der Waals surface area contributed by atoms with Crippen molar-refractivity contribution < 1.29 is 13.2 Å². The Morgan fingerprint density at radius 1 is 1.20 bits per heavy atom. The predicted octanol–water partition coefficient (Wildman–Crippen LogP) is 1.64. The number of alkyl halides is 1. The molecular formula is C6H15FO2Si. The lowest BCUT2D eigenvalue weighted by molar-refractivity contribution is 0.177. The molecule has 0 rings (SSSR count). The Hall–Kier alpha value is 0.0669.